The molecule has 0 aliphatic rings. The Morgan fingerprint density at radius 2 is 2.23 bits per heavy atom. The summed E-state index contributed by atoms with van der Waals surface area (Å²) in [5, 5.41) is 0. The van der Waals surface area contributed by atoms with Crippen LogP contribution in [0.4, 0.5) is 0 Å². The van der Waals surface area contributed by atoms with E-state index in [0.717, 1.165) is 19.3 Å². The molecule has 13 heavy (non-hydrogen) atoms. The number of hydrogen-bond donors (Lipinski definition) is 1. The van der Waals surface area contributed by atoms with E-state index in [-0.39, 0.29) is 5.54 Å². The minimum absolute atomic E-state index is 0.0426. The maximum Gasteiger partial charge on any atom is 0.0701 e. The van der Waals surface area contributed by atoms with E-state index in [2.05, 4.69) is 41.9 Å². The molecule has 0 aliphatic heterocycles. The average Bonchev–Trinajstić information content (AvgIpc) is 2.34. The summed E-state index contributed by atoms with van der Waals surface area (Å²) in [6, 6.07) is 4.23. The lowest BCUT2D eigenvalue weighted by molar-refractivity contribution is 0.427. The lowest BCUT2D eigenvalue weighted by Crippen LogP contribution is -2.37. The Kier molecular flexibility index (Phi) is 3.95. The zero-order valence-corrected chi connectivity index (χ0v) is 10.5. The van der Waals surface area contributed by atoms with Gasteiger partial charge in [0.1, 0.15) is 0 Å². The monoisotopic (exact) mass is 261 g/mol. The van der Waals surface area contributed by atoms with Gasteiger partial charge in [0.05, 0.1) is 3.79 Å². The molecule has 0 saturated heterocycles. The van der Waals surface area contributed by atoms with Crippen molar-refractivity contribution >= 4 is 27.3 Å². The van der Waals surface area contributed by atoms with E-state index in [4.69, 9.17) is 5.73 Å². The van der Waals surface area contributed by atoms with Crippen molar-refractivity contribution in [2.45, 2.75) is 38.6 Å². The number of nitrogens with two attached hydrogens (primary N) is 1. The number of halogens is 1. The molecular formula is C10H16BrNS. The highest BCUT2D eigenvalue weighted by Crippen LogP contribution is 2.26. The number of rotatable bonds is 4. The van der Waals surface area contributed by atoms with Crippen LogP contribution in [0.2, 0.25) is 0 Å². The first kappa shape index (κ1) is 11.2. The molecule has 1 aromatic heterocycles. The fourth-order valence-corrected chi connectivity index (χ4v) is 3.18. The SMILES string of the molecule is CCCC(C)(N)Cc1ccc(Br)s1. The summed E-state index contributed by atoms with van der Waals surface area (Å²) in [4.78, 5) is 1.37. The van der Waals surface area contributed by atoms with Crippen LogP contribution in [-0.2, 0) is 6.42 Å². The van der Waals surface area contributed by atoms with Gasteiger partial charge in [0.15, 0.2) is 0 Å². The molecule has 0 saturated carbocycles. The highest BCUT2D eigenvalue weighted by molar-refractivity contribution is 9.11. The summed E-state index contributed by atoms with van der Waals surface area (Å²) in [5.41, 5.74) is 6.12. The van der Waals surface area contributed by atoms with E-state index in [9.17, 15) is 0 Å². The summed E-state index contributed by atoms with van der Waals surface area (Å²) in [7, 11) is 0. The highest BCUT2D eigenvalue weighted by Gasteiger charge is 2.18. The molecule has 0 radical (unpaired) electrons. The topological polar surface area (TPSA) is 26.0 Å². The second-order valence-corrected chi connectivity index (χ2v) is 6.33. The van der Waals surface area contributed by atoms with Gasteiger partial charge in [0.2, 0.25) is 0 Å². The van der Waals surface area contributed by atoms with E-state index in [1.807, 2.05) is 0 Å². The van der Waals surface area contributed by atoms with Crippen molar-refractivity contribution in [3.63, 3.8) is 0 Å². The Labute approximate surface area is 92.5 Å². The van der Waals surface area contributed by atoms with Crippen LogP contribution < -0.4 is 5.73 Å². The van der Waals surface area contributed by atoms with Crippen LogP contribution in [0.25, 0.3) is 0 Å². The largest absolute Gasteiger partial charge is 0.325 e. The standard InChI is InChI=1S/C10H16BrNS/c1-3-6-10(2,12)7-8-4-5-9(11)13-8/h4-5H,3,6-7,12H2,1-2H3. The molecule has 3 heteroatoms. The minimum Gasteiger partial charge on any atom is -0.325 e. The first-order chi connectivity index (χ1) is 6.03. The van der Waals surface area contributed by atoms with Gasteiger partial charge in [-0.3, -0.25) is 0 Å². The number of thiophene rings is 1. The van der Waals surface area contributed by atoms with Crippen molar-refractivity contribution in [3.8, 4) is 0 Å². The first-order valence-electron chi connectivity index (χ1n) is 4.56. The molecule has 0 bridgehead atoms. The first-order valence-corrected chi connectivity index (χ1v) is 6.17. The van der Waals surface area contributed by atoms with Gasteiger partial charge in [-0.2, -0.15) is 0 Å². The molecule has 74 valence electrons. The van der Waals surface area contributed by atoms with Crippen LogP contribution in [0.3, 0.4) is 0 Å². The third kappa shape index (κ3) is 3.79. The lowest BCUT2D eigenvalue weighted by Gasteiger charge is -2.22. The summed E-state index contributed by atoms with van der Waals surface area (Å²) >= 11 is 5.23. The van der Waals surface area contributed by atoms with Gasteiger partial charge in [0, 0.05) is 10.4 Å². The quantitative estimate of drug-likeness (QED) is 0.882. The summed E-state index contributed by atoms with van der Waals surface area (Å²) in [5.74, 6) is 0. The van der Waals surface area contributed by atoms with Crippen molar-refractivity contribution in [1.29, 1.82) is 0 Å². The van der Waals surface area contributed by atoms with Crippen LogP contribution in [0.15, 0.2) is 15.9 Å². The van der Waals surface area contributed by atoms with Gasteiger partial charge in [-0.05, 0) is 47.8 Å². The molecule has 0 aromatic carbocycles. The molecule has 0 amide bonds. The molecule has 1 rings (SSSR count). The van der Waals surface area contributed by atoms with Gasteiger partial charge >= 0.3 is 0 Å². The predicted molar refractivity (Wildman–Crippen MR) is 63.2 cm³/mol. The molecular weight excluding hydrogens is 246 g/mol. The maximum atomic E-state index is 6.16. The smallest absolute Gasteiger partial charge is 0.0701 e. The van der Waals surface area contributed by atoms with Gasteiger partial charge in [-0.15, -0.1) is 11.3 Å². The van der Waals surface area contributed by atoms with Crippen LogP contribution in [0.1, 0.15) is 31.6 Å². The van der Waals surface area contributed by atoms with E-state index in [1.54, 1.807) is 11.3 Å². The molecule has 0 fully saturated rings. The Hall–Kier alpha value is 0.140. The zero-order chi connectivity index (χ0) is 9.90. The fourth-order valence-electron chi connectivity index (χ4n) is 1.50. The Bertz CT molecular complexity index is 268. The summed E-state index contributed by atoms with van der Waals surface area (Å²) < 4.78 is 1.19. The van der Waals surface area contributed by atoms with Crippen LogP contribution in [-0.4, -0.2) is 5.54 Å². The van der Waals surface area contributed by atoms with Crippen LogP contribution in [0, 0.1) is 0 Å². The van der Waals surface area contributed by atoms with Crippen molar-refractivity contribution in [2.24, 2.45) is 5.73 Å². The van der Waals surface area contributed by atoms with Crippen molar-refractivity contribution in [1.82, 2.24) is 0 Å². The lowest BCUT2D eigenvalue weighted by atomic mass is 9.93. The third-order valence-corrected chi connectivity index (χ3v) is 3.65. The second-order valence-electron chi connectivity index (χ2n) is 3.79. The molecule has 1 aromatic rings. The maximum absolute atomic E-state index is 6.16. The summed E-state index contributed by atoms with van der Waals surface area (Å²) in [6.45, 7) is 4.31. The van der Waals surface area contributed by atoms with E-state index in [1.165, 1.54) is 8.66 Å². The predicted octanol–water partition coefficient (Wildman–Crippen LogP) is 3.57. The minimum atomic E-state index is -0.0426. The van der Waals surface area contributed by atoms with Crippen molar-refractivity contribution in [2.75, 3.05) is 0 Å². The van der Waals surface area contributed by atoms with Gasteiger partial charge in [-0.1, -0.05) is 13.3 Å². The van der Waals surface area contributed by atoms with Crippen molar-refractivity contribution < 1.29 is 0 Å². The summed E-state index contributed by atoms with van der Waals surface area (Å²) in [6.07, 6.45) is 3.22. The normalized spacial score (nSPS) is 15.7. The molecule has 1 nitrogen and oxygen atoms in total. The zero-order valence-electron chi connectivity index (χ0n) is 8.14. The third-order valence-electron chi connectivity index (χ3n) is 2.03. The Morgan fingerprint density at radius 3 is 2.69 bits per heavy atom. The average molecular weight is 262 g/mol. The highest BCUT2D eigenvalue weighted by atomic mass is 79.9. The van der Waals surface area contributed by atoms with Crippen LogP contribution in [0.5, 0.6) is 0 Å². The number of hydrogen-bond acceptors (Lipinski definition) is 2. The Balaban J connectivity index is 2.57. The van der Waals surface area contributed by atoms with Gasteiger partial charge in [-0.25, -0.2) is 0 Å². The fraction of sp³-hybridized carbons (Fsp3) is 0.600. The molecule has 0 aliphatic carbocycles. The van der Waals surface area contributed by atoms with Gasteiger partial charge in [0.25, 0.3) is 0 Å². The van der Waals surface area contributed by atoms with E-state index < -0.39 is 0 Å². The van der Waals surface area contributed by atoms with Gasteiger partial charge < -0.3 is 5.73 Å². The molecule has 2 N–H and O–H groups in total. The van der Waals surface area contributed by atoms with Crippen LogP contribution >= 0.6 is 27.3 Å². The second kappa shape index (κ2) is 4.58. The van der Waals surface area contributed by atoms with E-state index in [0.29, 0.717) is 0 Å². The molecule has 1 unspecified atom stereocenters. The molecule has 1 heterocycles. The Morgan fingerprint density at radius 1 is 1.54 bits per heavy atom. The van der Waals surface area contributed by atoms with Crippen molar-refractivity contribution in [3.05, 3.63) is 20.8 Å². The molecule has 0 spiro atoms. The molecule has 1 atom stereocenters. The van der Waals surface area contributed by atoms with E-state index >= 15 is 0 Å².